The van der Waals surface area contributed by atoms with Crippen LogP contribution in [0.4, 0.5) is 0 Å². The fourth-order valence-corrected chi connectivity index (χ4v) is 2.61. The third kappa shape index (κ3) is 4.04. The third-order valence-electron chi connectivity index (χ3n) is 3.80. The molecule has 2 rings (SSSR count). The van der Waals surface area contributed by atoms with Gasteiger partial charge in [-0.15, -0.1) is 0 Å². The Morgan fingerprint density at radius 2 is 1.92 bits per heavy atom. The first-order valence-corrected chi connectivity index (χ1v) is 8.11. The fraction of sp³-hybridized carbons (Fsp3) is 0.421. The lowest BCUT2D eigenvalue weighted by Crippen LogP contribution is -2.31. The molecule has 0 aliphatic carbocycles. The molecule has 2 N–H and O–H groups in total. The summed E-state index contributed by atoms with van der Waals surface area (Å²) in [7, 11) is 0. The van der Waals surface area contributed by atoms with Gasteiger partial charge in [0.2, 0.25) is 0 Å². The molecular weight excluding hydrogens is 306 g/mol. The van der Waals surface area contributed by atoms with Gasteiger partial charge in [-0.05, 0) is 50.0 Å². The molecule has 24 heavy (non-hydrogen) atoms. The van der Waals surface area contributed by atoms with E-state index in [0.717, 1.165) is 0 Å². The first-order chi connectivity index (χ1) is 11.3. The van der Waals surface area contributed by atoms with Crippen LogP contribution in [-0.4, -0.2) is 34.1 Å². The Bertz CT molecular complexity index is 654. The van der Waals surface area contributed by atoms with Crippen molar-refractivity contribution in [1.29, 1.82) is 0 Å². The molecular formula is C19H25NO4. The summed E-state index contributed by atoms with van der Waals surface area (Å²) in [5.41, 5.74) is 2.81. The molecule has 1 aliphatic rings. The molecule has 0 saturated carbocycles. The Hall–Kier alpha value is -2.11. The van der Waals surface area contributed by atoms with Gasteiger partial charge in [0.05, 0.1) is 0 Å². The number of aliphatic hydroxyl groups excluding tert-OH is 1. The number of benzene rings is 1. The molecule has 1 heterocycles. The molecule has 0 spiro atoms. The van der Waals surface area contributed by atoms with Crippen LogP contribution in [0.2, 0.25) is 0 Å². The molecule has 5 heteroatoms. The van der Waals surface area contributed by atoms with Crippen molar-refractivity contribution in [3.63, 3.8) is 0 Å². The molecule has 0 radical (unpaired) electrons. The van der Waals surface area contributed by atoms with Crippen molar-refractivity contribution in [2.75, 3.05) is 6.61 Å². The number of ether oxygens (including phenoxy) is 1. The maximum absolute atomic E-state index is 12.1. The minimum Gasteiger partial charge on any atom is -0.490 e. The highest BCUT2D eigenvalue weighted by Gasteiger charge is 2.38. The summed E-state index contributed by atoms with van der Waals surface area (Å²) >= 11 is 0. The van der Waals surface area contributed by atoms with Gasteiger partial charge < -0.3 is 9.84 Å². The summed E-state index contributed by atoms with van der Waals surface area (Å²) in [5, 5.41) is 20.4. The monoisotopic (exact) mass is 331 g/mol. The highest BCUT2D eigenvalue weighted by molar-refractivity contribution is 6.06. The standard InChI is InChI=1S/C19H25NO4/c1-12(2)9-10-24-15-7-5-14(6-8-15)17-16(11-13(3)4)18(21)20(23)19(17)22/h5-9,13,19,22-23H,10-11H2,1-4H3. The van der Waals surface area contributed by atoms with Crippen LogP contribution < -0.4 is 4.74 Å². The molecule has 5 nitrogen and oxygen atoms in total. The Balaban J connectivity index is 2.26. The van der Waals surface area contributed by atoms with E-state index in [1.807, 2.05) is 33.8 Å². The van der Waals surface area contributed by atoms with Gasteiger partial charge in [0.25, 0.3) is 5.91 Å². The summed E-state index contributed by atoms with van der Waals surface area (Å²) in [6.45, 7) is 8.49. The quantitative estimate of drug-likeness (QED) is 0.619. The lowest BCUT2D eigenvalue weighted by atomic mass is 9.95. The second-order valence-electron chi connectivity index (χ2n) is 6.63. The van der Waals surface area contributed by atoms with Crippen molar-refractivity contribution in [3.05, 3.63) is 47.1 Å². The zero-order valence-electron chi connectivity index (χ0n) is 14.6. The van der Waals surface area contributed by atoms with Gasteiger partial charge in [-0.2, -0.15) is 5.06 Å². The van der Waals surface area contributed by atoms with E-state index in [2.05, 4.69) is 0 Å². The van der Waals surface area contributed by atoms with Crippen LogP contribution in [0.15, 0.2) is 41.5 Å². The van der Waals surface area contributed by atoms with Crippen LogP contribution in [0, 0.1) is 5.92 Å². The molecule has 0 saturated heterocycles. The normalized spacial score (nSPS) is 17.7. The number of allylic oxidation sites excluding steroid dienone is 1. The summed E-state index contributed by atoms with van der Waals surface area (Å²) in [4.78, 5) is 12.1. The van der Waals surface area contributed by atoms with Crippen molar-refractivity contribution >= 4 is 11.5 Å². The predicted octanol–water partition coefficient (Wildman–Crippen LogP) is 3.38. The second-order valence-corrected chi connectivity index (χ2v) is 6.63. The highest BCUT2D eigenvalue weighted by atomic mass is 16.5. The zero-order valence-corrected chi connectivity index (χ0v) is 14.6. The van der Waals surface area contributed by atoms with E-state index in [1.165, 1.54) is 5.57 Å². The first kappa shape index (κ1) is 18.2. The van der Waals surface area contributed by atoms with E-state index in [9.17, 15) is 15.1 Å². The van der Waals surface area contributed by atoms with E-state index in [1.54, 1.807) is 24.3 Å². The SMILES string of the molecule is CC(C)=CCOc1ccc(C2=C(CC(C)C)C(=O)N(O)C2O)cc1. The Morgan fingerprint density at radius 3 is 2.46 bits per heavy atom. The van der Waals surface area contributed by atoms with E-state index in [0.29, 0.717) is 40.6 Å². The number of amides is 1. The molecule has 0 bridgehead atoms. The van der Waals surface area contributed by atoms with Crippen LogP contribution in [-0.2, 0) is 4.79 Å². The second kappa shape index (κ2) is 7.64. The molecule has 1 aromatic carbocycles. The largest absolute Gasteiger partial charge is 0.490 e. The van der Waals surface area contributed by atoms with Crippen LogP contribution in [0.3, 0.4) is 0 Å². The van der Waals surface area contributed by atoms with Gasteiger partial charge in [0.15, 0.2) is 6.23 Å². The molecule has 1 aliphatic heterocycles. The van der Waals surface area contributed by atoms with Crippen LogP contribution in [0.25, 0.3) is 5.57 Å². The third-order valence-corrected chi connectivity index (χ3v) is 3.80. The maximum atomic E-state index is 12.1. The summed E-state index contributed by atoms with van der Waals surface area (Å²) in [5.74, 6) is 0.418. The van der Waals surface area contributed by atoms with Crippen molar-refractivity contribution < 1.29 is 19.8 Å². The molecule has 130 valence electrons. The van der Waals surface area contributed by atoms with Gasteiger partial charge in [-0.25, -0.2) is 0 Å². The summed E-state index contributed by atoms with van der Waals surface area (Å²) in [6.07, 6.45) is 1.16. The first-order valence-electron chi connectivity index (χ1n) is 8.11. The molecule has 1 aromatic rings. The van der Waals surface area contributed by atoms with E-state index < -0.39 is 12.1 Å². The molecule has 1 amide bonds. The Labute approximate surface area is 142 Å². The lowest BCUT2D eigenvalue weighted by Gasteiger charge is -2.15. The van der Waals surface area contributed by atoms with E-state index in [-0.39, 0.29) is 5.92 Å². The lowest BCUT2D eigenvalue weighted by molar-refractivity contribution is -0.184. The minimum absolute atomic E-state index is 0.240. The maximum Gasteiger partial charge on any atom is 0.276 e. The fourth-order valence-electron chi connectivity index (χ4n) is 2.61. The average Bonchev–Trinajstić information content (AvgIpc) is 2.72. The zero-order chi connectivity index (χ0) is 17.9. The highest BCUT2D eigenvalue weighted by Crippen LogP contribution is 2.35. The van der Waals surface area contributed by atoms with Crippen LogP contribution >= 0.6 is 0 Å². The number of carbonyl (C=O) groups is 1. The average molecular weight is 331 g/mol. The van der Waals surface area contributed by atoms with Gasteiger partial charge in [0.1, 0.15) is 12.4 Å². The predicted molar refractivity (Wildman–Crippen MR) is 92.4 cm³/mol. The van der Waals surface area contributed by atoms with Crippen molar-refractivity contribution in [2.24, 2.45) is 5.92 Å². The molecule has 1 atom stereocenters. The van der Waals surface area contributed by atoms with Crippen molar-refractivity contribution in [1.82, 2.24) is 5.06 Å². The van der Waals surface area contributed by atoms with E-state index >= 15 is 0 Å². The smallest absolute Gasteiger partial charge is 0.276 e. The Kier molecular flexibility index (Phi) is 5.80. The number of carbonyl (C=O) groups excluding carboxylic acids is 1. The van der Waals surface area contributed by atoms with Crippen LogP contribution in [0.5, 0.6) is 5.75 Å². The molecule has 0 aromatic heterocycles. The summed E-state index contributed by atoms with van der Waals surface area (Å²) in [6, 6.07) is 7.18. The van der Waals surface area contributed by atoms with Gasteiger partial charge in [-0.3, -0.25) is 10.0 Å². The minimum atomic E-state index is -1.33. The topological polar surface area (TPSA) is 70.0 Å². The Morgan fingerprint density at radius 1 is 1.29 bits per heavy atom. The number of rotatable bonds is 6. The van der Waals surface area contributed by atoms with Gasteiger partial charge in [0, 0.05) is 11.1 Å². The van der Waals surface area contributed by atoms with E-state index in [4.69, 9.17) is 4.74 Å². The van der Waals surface area contributed by atoms with Crippen LogP contribution in [0.1, 0.15) is 39.7 Å². The van der Waals surface area contributed by atoms with Crippen molar-refractivity contribution in [2.45, 2.75) is 40.3 Å². The van der Waals surface area contributed by atoms with Crippen molar-refractivity contribution in [3.8, 4) is 5.75 Å². The number of hydrogen-bond donors (Lipinski definition) is 2. The number of hydroxylamine groups is 2. The number of aliphatic hydroxyl groups is 1. The van der Waals surface area contributed by atoms with Gasteiger partial charge >= 0.3 is 0 Å². The molecule has 0 fully saturated rings. The molecule has 1 unspecified atom stereocenters. The number of nitrogens with zero attached hydrogens (tertiary/aromatic N) is 1. The number of hydrogen-bond acceptors (Lipinski definition) is 4. The van der Waals surface area contributed by atoms with Gasteiger partial charge in [-0.1, -0.05) is 31.6 Å². The summed E-state index contributed by atoms with van der Waals surface area (Å²) < 4.78 is 5.61.